The fourth-order valence-corrected chi connectivity index (χ4v) is 0.979. The number of rotatable bonds is 0. The first-order chi connectivity index (χ1) is 4.89. The predicted octanol–water partition coefficient (Wildman–Crippen LogP) is 0.925. The summed E-state index contributed by atoms with van der Waals surface area (Å²) in [6, 6.07) is 0. The molecule has 0 spiro atoms. The highest BCUT2D eigenvalue weighted by atomic mass is 16.2. The van der Waals surface area contributed by atoms with E-state index < -0.39 is 0 Å². The number of aliphatic hydroxyl groups excluding tert-OH is 1. The van der Waals surface area contributed by atoms with Crippen LogP contribution in [0, 0.1) is 0 Å². The molecule has 0 atom stereocenters. The smallest absolute Gasteiger partial charge is 0.0319 e. The maximum atomic E-state index is 7.00. The minimum Gasteiger partial charge on any atom is -0.400 e. The topological polar surface area (TPSA) is 32.3 Å². The van der Waals surface area contributed by atoms with Gasteiger partial charge in [-0.15, -0.1) is 0 Å². The molecule has 0 radical (unpaired) electrons. The number of aliphatic hydroxyl groups is 1. The zero-order valence-corrected chi connectivity index (χ0v) is 6.69. The number of hydrogen-bond donors (Lipinski definition) is 2. The normalized spacial score (nSPS) is 18.8. The van der Waals surface area contributed by atoms with Gasteiger partial charge in [-0.05, 0) is 32.4 Å². The van der Waals surface area contributed by atoms with Gasteiger partial charge in [0.2, 0.25) is 0 Å². The Morgan fingerprint density at radius 2 is 2.00 bits per heavy atom. The number of nitrogens with one attached hydrogen (secondary N) is 1. The highest BCUT2D eigenvalue weighted by Crippen LogP contribution is 2.07. The van der Waals surface area contributed by atoms with Gasteiger partial charge in [-0.25, -0.2) is 0 Å². The van der Waals surface area contributed by atoms with Crippen molar-refractivity contribution in [3.63, 3.8) is 0 Å². The van der Waals surface area contributed by atoms with E-state index in [1.807, 2.05) is 0 Å². The van der Waals surface area contributed by atoms with Crippen molar-refractivity contribution in [1.82, 2.24) is 5.32 Å². The van der Waals surface area contributed by atoms with Gasteiger partial charge in [0.05, 0.1) is 0 Å². The molecule has 2 nitrogen and oxygen atoms in total. The third-order valence-corrected chi connectivity index (χ3v) is 1.54. The maximum Gasteiger partial charge on any atom is 0.0319 e. The van der Waals surface area contributed by atoms with Gasteiger partial charge in [-0.3, -0.25) is 0 Å². The summed E-state index contributed by atoms with van der Waals surface area (Å²) in [6.45, 7) is 6.25. The summed E-state index contributed by atoms with van der Waals surface area (Å²) < 4.78 is 0. The Hall–Kier alpha value is -0.340. The lowest BCUT2D eigenvalue weighted by Crippen LogP contribution is -2.13. The van der Waals surface area contributed by atoms with E-state index in [1.165, 1.54) is 31.4 Å². The van der Waals surface area contributed by atoms with Crippen molar-refractivity contribution in [3.8, 4) is 0 Å². The van der Waals surface area contributed by atoms with E-state index in [2.05, 4.69) is 11.9 Å². The fourth-order valence-electron chi connectivity index (χ4n) is 0.979. The molecular formula is C8H17NO. The van der Waals surface area contributed by atoms with E-state index in [0.717, 1.165) is 13.7 Å². The summed E-state index contributed by atoms with van der Waals surface area (Å²) in [6.07, 6.45) is 3.69. The lowest BCUT2D eigenvalue weighted by Gasteiger charge is -1.94. The summed E-state index contributed by atoms with van der Waals surface area (Å²) >= 11 is 0. The highest BCUT2D eigenvalue weighted by Gasteiger charge is 1.98. The maximum absolute atomic E-state index is 7.00. The van der Waals surface area contributed by atoms with Crippen LogP contribution in [0.1, 0.15) is 19.3 Å². The summed E-state index contributed by atoms with van der Waals surface area (Å²) in [4.78, 5) is 0. The van der Waals surface area contributed by atoms with Gasteiger partial charge in [0.25, 0.3) is 0 Å². The molecule has 0 saturated carbocycles. The second kappa shape index (κ2) is 6.78. The fraction of sp³-hybridized carbons (Fsp3) is 0.750. The van der Waals surface area contributed by atoms with Crippen LogP contribution in [0.5, 0.6) is 0 Å². The van der Waals surface area contributed by atoms with Crippen LogP contribution in [-0.4, -0.2) is 25.3 Å². The average molecular weight is 143 g/mol. The Kier molecular flexibility index (Phi) is 6.55. The molecule has 0 aliphatic carbocycles. The number of hydrogen-bond acceptors (Lipinski definition) is 2. The molecule has 10 heavy (non-hydrogen) atoms. The Labute approximate surface area is 62.9 Å². The molecule has 0 unspecified atom stereocenters. The van der Waals surface area contributed by atoms with Gasteiger partial charge < -0.3 is 10.4 Å². The zero-order chi connectivity index (χ0) is 7.82. The minimum absolute atomic E-state index is 1.00. The van der Waals surface area contributed by atoms with Crippen molar-refractivity contribution < 1.29 is 5.11 Å². The van der Waals surface area contributed by atoms with Crippen LogP contribution in [0.25, 0.3) is 0 Å². The molecular weight excluding hydrogens is 126 g/mol. The van der Waals surface area contributed by atoms with E-state index in [9.17, 15) is 0 Å². The van der Waals surface area contributed by atoms with Crippen LogP contribution in [0.2, 0.25) is 0 Å². The molecule has 1 fully saturated rings. The molecule has 1 rings (SSSR count). The molecule has 0 amide bonds. The minimum atomic E-state index is 1.00. The quantitative estimate of drug-likeness (QED) is 0.494. The zero-order valence-electron chi connectivity index (χ0n) is 6.69. The third kappa shape index (κ3) is 4.53. The first-order valence-corrected chi connectivity index (χ1v) is 3.71. The van der Waals surface area contributed by atoms with Gasteiger partial charge in [0, 0.05) is 7.11 Å². The van der Waals surface area contributed by atoms with Crippen molar-refractivity contribution in [3.05, 3.63) is 12.2 Å². The summed E-state index contributed by atoms with van der Waals surface area (Å²) in [7, 11) is 1.00. The SMILES string of the molecule is C=C1CCCNCC1.CO. The molecule has 1 heterocycles. The van der Waals surface area contributed by atoms with Gasteiger partial charge in [0.1, 0.15) is 0 Å². The van der Waals surface area contributed by atoms with E-state index in [1.54, 1.807) is 0 Å². The van der Waals surface area contributed by atoms with Crippen molar-refractivity contribution in [2.24, 2.45) is 0 Å². The van der Waals surface area contributed by atoms with Gasteiger partial charge in [-0.1, -0.05) is 12.2 Å². The van der Waals surface area contributed by atoms with E-state index in [4.69, 9.17) is 5.11 Å². The van der Waals surface area contributed by atoms with Crippen molar-refractivity contribution >= 4 is 0 Å². The monoisotopic (exact) mass is 143 g/mol. The van der Waals surface area contributed by atoms with Crippen molar-refractivity contribution in [1.29, 1.82) is 0 Å². The average Bonchev–Trinajstić information content (AvgIpc) is 2.21. The van der Waals surface area contributed by atoms with Gasteiger partial charge >= 0.3 is 0 Å². The van der Waals surface area contributed by atoms with Crippen LogP contribution < -0.4 is 5.32 Å². The van der Waals surface area contributed by atoms with Gasteiger partial charge in [0.15, 0.2) is 0 Å². The van der Waals surface area contributed by atoms with E-state index in [-0.39, 0.29) is 0 Å². The second-order valence-corrected chi connectivity index (χ2v) is 2.35. The van der Waals surface area contributed by atoms with Crippen molar-refractivity contribution in [2.75, 3.05) is 20.2 Å². The first kappa shape index (κ1) is 9.66. The molecule has 1 aliphatic rings. The highest BCUT2D eigenvalue weighted by molar-refractivity contribution is 4.95. The lowest BCUT2D eigenvalue weighted by atomic mass is 10.1. The standard InChI is InChI=1S/C7H13N.CH4O/c1-7-3-2-5-8-6-4-7;1-2/h8H,1-6H2;2H,1H3. The lowest BCUT2D eigenvalue weighted by molar-refractivity contribution is 0.399. The van der Waals surface area contributed by atoms with Crippen molar-refractivity contribution in [2.45, 2.75) is 19.3 Å². The van der Waals surface area contributed by atoms with Crippen LogP contribution in [-0.2, 0) is 0 Å². The molecule has 0 aromatic heterocycles. The Morgan fingerprint density at radius 3 is 2.70 bits per heavy atom. The Morgan fingerprint density at radius 1 is 1.30 bits per heavy atom. The molecule has 1 saturated heterocycles. The molecule has 0 aromatic rings. The van der Waals surface area contributed by atoms with Crippen LogP contribution in [0.4, 0.5) is 0 Å². The van der Waals surface area contributed by atoms with E-state index >= 15 is 0 Å². The first-order valence-electron chi connectivity index (χ1n) is 3.71. The summed E-state index contributed by atoms with van der Waals surface area (Å²) in [5, 5.41) is 10.3. The molecule has 60 valence electrons. The largest absolute Gasteiger partial charge is 0.400 e. The van der Waals surface area contributed by atoms with Crippen LogP contribution in [0.15, 0.2) is 12.2 Å². The van der Waals surface area contributed by atoms with E-state index in [0.29, 0.717) is 0 Å². The summed E-state index contributed by atoms with van der Waals surface area (Å²) in [5.74, 6) is 0. The van der Waals surface area contributed by atoms with Crippen LogP contribution in [0.3, 0.4) is 0 Å². The molecule has 0 bridgehead atoms. The summed E-state index contributed by atoms with van der Waals surface area (Å²) in [5.41, 5.74) is 1.41. The molecule has 1 aliphatic heterocycles. The Bertz CT molecular complexity index is 81.3. The Balaban J connectivity index is 0.000000371. The predicted molar refractivity (Wildman–Crippen MR) is 44.0 cm³/mol. The molecule has 2 N–H and O–H groups in total. The second-order valence-electron chi connectivity index (χ2n) is 2.35. The van der Waals surface area contributed by atoms with Crippen LogP contribution >= 0.6 is 0 Å². The third-order valence-electron chi connectivity index (χ3n) is 1.54. The molecule has 2 heteroatoms. The van der Waals surface area contributed by atoms with Gasteiger partial charge in [-0.2, -0.15) is 0 Å². The molecule has 0 aromatic carbocycles.